The van der Waals surface area contributed by atoms with Crippen molar-refractivity contribution in [2.24, 2.45) is 0 Å². The van der Waals surface area contributed by atoms with Crippen LogP contribution < -0.4 is 0 Å². The van der Waals surface area contributed by atoms with E-state index in [0.717, 1.165) is 13.0 Å². The van der Waals surface area contributed by atoms with E-state index in [4.69, 9.17) is 9.47 Å². The minimum Gasteiger partial charge on any atom is -0.444 e. The van der Waals surface area contributed by atoms with E-state index in [1.54, 1.807) is 4.90 Å². The van der Waals surface area contributed by atoms with Crippen molar-refractivity contribution in [2.75, 3.05) is 13.2 Å². The van der Waals surface area contributed by atoms with Crippen LogP contribution in [0.1, 0.15) is 34.1 Å². The highest BCUT2D eigenvalue weighted by Crippen LogP contribution is 2.40. The van der Waals surface area contributed by atoms with Crippen LogP contribution in [0.2, 0.25) is 0 Å². The average Bonchev–Trinajstić information content (AvgIpc) is 2.67. The molecule has 0 aromatic rings. The van der Waals surface area contributed by atoms with Crippen molar-refractivity contribution >= 4 is 6.09 Å². The van der Waals surface area contributed by atoms with Crippen molar-refractivity contribution in [3.63, 3.8) is 0 Å². The molecule has 0 saturated carbocycles. The first-order valence-electron chi connectivity index (χ1n) is 5.45. The number of carbonyl (C=O) groups is 1. The summed E-state index contributed by atoms with van der Waals surface area (Å²) in [5.74, 6) is 0. The Hall–Kier alpha value is -0.770. The second-order valence-corrected chi connectivity index (χ2v) is 5.63. The van der Waals surface area contributed by atoms with Crippen LogP contribution in [0.5, 0.6) is 0 Å². The lowest BCUT2D eigenvalue weighted by atomic mass is 10.1. The van der Waals surface area contributed by atoms with Crippen LogP contribution in [-0.2, 0) is 9.47 Å². The largest absolute Gasteiger partial charge is 0.444 e. The van der Waals surface area contributed by atoms with Gasteiger partial charge in [0.05, 0.1) is 13.2 Å². The second-order valence-electron chi connectivity index (χ2n) is 5.63. The van der Waals surface area contributed by atoms with Crippen LogP contribution in [0.25, 0.3) is 0 Å². The SMILES string of the molecule is C[C@@H]1CC2(CO2)CN1C(=O)OC(C)(C)C. The highest BCUT2D eigenvalue weighted by molar-refractivity contribution is 5.69. The zero-order valence-corrected chi connectivity index (χ0v) is 9.87. The standard InChI is InChI=1S/C11H19NO3/c1-8-5-11(7-14-11)6-12(8)9(13)15-10(2,3)4/h8H,5-7H2,1-4H3/t8-,11?/m1/s1. The molecule has 4 nitrogen and oxygen atoms in total. The number of hydrogen-bond donors (Lipinski definition) is 0. The number of amides is 1. The summed E-state index contributed by atoms with van der Waals surface area (Å²) in [6.45, 7) is 9.17. The number of likely N-dealkylation sites (tertiary alicyclic amines) is 1. The maximum Gasteiger partial charge on any atom is 0.410 e. The fourth-order valence-electron chi connectivity index (χ4n) is 2.06. The molecule has 86 valence electrons. The fraction of sp³-hybridized carbons (Fsp3) is 0.909. The molecule has 1 spiro atoms. The summed E-state index contributed by atoms with van der Waals surface area (Å²) in [6, 6.07) is 0.224. The molecule has 0 radical (unpaired) electrons. The Morgan fingerprint density at radius 1 is 1.53 bits per heavy atom. The van der Waals surface area contributed by atoms with Crippen molar-refractivity contribution in [1.29, 1.82) is 0 Å². The number of hydrogen-bond acceptors (Lipinski definition) is 3. The van der Waals surface area contributed by atoms with Gasteiger partial charge in [0.2, 0.25) is 0 Å². The minimum atomic E-state index is -0.420. The molecule has 2 aliphatic rings. The highest BCUT2D eigenvalue weighted by atomic mass is 16.6. The summed E-state index contributed by atoms with van der Waals surface area (Å²) < 4.78 is 10.7. The van der Waals surface area contributed by atoms with Crippen LogP contribution in [0.4, 0.5) is 4.79 Å². The maximum atomic E-state index is 11.8. The lowest BCUT2D eigenvalue weighted by molar-refractivity contribution is 0.0230. The lowest BCUT2D eigenvalue weighted by Crippen LogP contribution is -2.39. The van der Waals surface area contributed by atoms with Crippen molar-refractivity contribution < 1.29 is 14.3 Å². The number of ether oxygens (including phenoxy) is 2. The Kier molecular flexibility index (Phi) is 2.23. The molecule has 1 amide bonds. The van der Waals surface area contributed by atoms with Crippen LogP contribution in [0, 0.1) is 0 Å². The van der Waals surface area contributed by atoms with E-state index >= 15 is 0 Å². The third kappa shape index (κ3) is 2.25. The monoisotopic (exact) mass is 213 g/mol. The molecule has 4 heteroatoms. The van der Waals surface area contributed by atoms with Gasteiger partial charge in [-0.05, 0) is 27.7 Å². The van der Waals surface area contributed by atoms with E-state index in [-0.39, 0.29) is 17.7 Å². The molecular formula is C11H19NO3. The van der Waals surface area contributed by atoms with Crippen molar-refractivity contribution in [2.45, 2.75) is 51.4 Å². The zero-order chi connectivity index (χ0) is 11.3. The quantitative estimate of drug-likeness (QED) is 0.576. The third-order valence-corrected chi connectivity index (χ3v) is 2.84. The summed E-state index contributed by atoms with van der Waals surface area (Å²) in [5.41, 5.74) is -0.451. The Morgan fingerprint density at radius 2 is 2.13 bits per heavy atom. The topological polar surface area (TPSA) is 42.1 Å². The van der Waals surface area contributed by atoms with Gasteiger partial charge in [0.1, 0.15) is 11.2 Å². The molecule has 15 heavy (non-hydrogen) atoms. The zero-order valence-electron chi connectivity index (χ0n) is 9.87. The summed E-state index contributed by atoms with van der Waals surface area (Å²) in [7, 11) is 0. The molecule has 1 unspecified atom stereocenters. The molecule has 0 aromatic carbocycles. The normalized spacial score (nSPS) is 34.7. The molecule has 2 saturated heterocycles. The Balaban J connectivity index is 1.96. The number of carbonyl (C=O) groups excluding carboxylic acids is 1. The van der Waals surface area contributed by atoms with Gasteiger partial charge in [-0.1, -0.05) is 0 Å². The highest BCUT2D eigenvalue weighted by Gasteiger charge is 2.54. The van der Waals surface area contributed by atoms with Gasteiger partial charge in [-0.2, -0.15) is 0 Å². The molecular weight excluding hydrogens is 194 g/mol. The van der Waals surface area contributed by atoms with E-state index in [0.29, 0.717) is 6.54 Å². The first-order chi connectivity index (χ1) is 6.81. The molecule has 0 bridgehead atoms. The van der Waals surface area contributed by atoms with E-state index < -0.39 is 5.60 Å². The van der Waals surface area contributed by atoms with Crippen LogP contribution in [0.3, 0.4) is 0 Å². The smallest absolute Gasteiger partial charge is 0.410 e. The van der Waals surface area contributed by atoms with Gasteiger partial charge < -0.3 is 14.4 Å². The van der Waals surface area contributed by atoms with Gasteiger partial charge in [-0.3, -0.25) is 0 Å². The molecule has 2 aliphatic heterocycles. The summed E-state index contributed by atoms with van der Waals surface area (Å²) >= 11 is 0. The van der Waals surface area contributed by atoms with Gasteiger partial charge in [0, 0.05) is 12.5 Å². The van der Waals surface area contributed by atoms with Gasteiger partial charge in [-0.25, -0.2) is 4.79 Å². The van der Waals surface area contributed by atoms with Gasteiger partial charge >= 0.3 is 6.09 Å². The Labute approximate surface area is 90.5 Å². The number of rotatable bonds is 0. The Morgan fingerprint density at radius 3 is 2.53 bits per heavy atom. The minimum absolute atomic E-state index is 0.0314. The molecule has 2 rings (SSSR count). The summed E-state index contributed by atoms with van der Waals surface area (Å²) in [4.78, 5) is 13.6. The number of epoxide rings is 1. The summed E-state index contributed by atoms with van der Waals surface area (Å²) in [5, 5.41) is 0. The average molecular weight is 213 g/mol. The molecule has 0 aromatic heterocycles. The van der Waals surface area contributed by atoms with Gasteiger partial charge in [0.25, 0.3) is 0 Å². The van der Waals surface area contributed by atoms with Gasteiger partial charge in [0.15, 0.2) is 0 Å². The van der Waals surface area contributed by atoms with Crippen molar-refractivity contribution in [3.05, 3.63) is 0 Å². The molecule has 0 N–H and O–H groups in total. The van der Waals surface area contributed by atoms with Crippen molar-refractivity contribution in [1.82, 2.24) is 4.90 Å². The fourth-order valence-corrected chi connectivity index (χ4v) is 2.06. The van der Waals surface area contributed by atoms with E-state index in [2.05, 4.69) is 0 Å². The maximum absolute atomic E-state index is 11.8. The second kappa shape index (κ2) is 3.11. The Bertz CT molecular complexity index is 278. The molecule has 2 heterocycles. The molecule has 2 atom stereocenters. The van der Waals surface area contributed by atoms with Crippen molar-refractivity contribution in [3.8, 4) is 0 Å². The predicted molar refractivity (Wildman–Crippen MR) is 55.7 cm³/mol. The van der Waals surface area contributed by atoms with E-state index in [1.807, 2.05) is 27.7 Å². The van der Waals surface area contributed by atoms with Gasteiger partial charge in [-0.15, -0.1) is 0 Å². The number of nitrogens with zero attached hydrogens (tertiary/aromatic N) is 1. The van der Waals surface area contributed by atoms with Crippen LogP contribution >= 0.6 is 0 Å². The summed E-state index contributed by atoms with van der Waals surface area (Å²) in [6.07, 6.45) is 0.717. The van der Waals surface area contributed by atoms with E-state index in [1.165, 1.54) is 0 Å². The lowest BCUT2D eigenvalue weighted by Gasteiger charge is -2.26. The molecule has 2 fully saturated rings. The third-order valence-electron chi connectivity index (χ3n) is 2.84. The van der Waals surface area contributed by atoms with Crippen LogP contribution in [0.15, 0.2) is 0 Å². The van der Waals surface area contributed by atoms with Crippen LogP contribution in [-0.4, -0.2) is 41.4 Å². The molecule has 0 aliphatic carbocycles. The predicted octanol–water partition coefficient (Wildman–Crippen LogP) is 1.78. The van der Waals surface area contributed by atoms with E-state index in [9.17, 15) is 4.79 Å². The first-order valence-corrected chi connectivity index (χ1v) is 5.45. The first kappa shape index (κ1) is 10.7.